The fourth-order valence-corrected chi connectivity index (χ4v) is 3.65. The molecule has 0 aromatic carbocycles. The van der Waals surface area contributed by atoms with E-state index in [1.54, 1.807) is 0 Å². The average Bonchev–Trinajstić information content (AvgIpc) is 2.76. The van der Waals surface area contributed by atoms with Gasteiger partial charge in [-0.3, -0.25) is 9.58 Å². The Morgan fingerprint density at radius 2 is 2.16 bits per heavy atom. The average molecular weight is 285 g/mol. The van der Waals surface area contributed by atoms with Gasteiger partial charge in [0, 0.05) is 30.9 Å². The number of aromatic nitrogens is 2. The fraction of sp³-hybridized carbons (Fsp3) is 0.769. The van der Waals surface area contributed by atoms with E-state index < -0.39 is 9.84 Å². The maximum Gasteiger partial charge on any atom is 0.154 e. The van der Waals surface area contributed by atoms with Crippen molar-refractivity contribution in [2.45, 2.75) is 45.0 Å². The molecule has 5 nitrogen and oxygen atoms in total. The molecule has 0 amide bonds. The largest absolute Gasteiger partial charge is 0.298 e. The molecule has 1 atom stereocenters. The summed E-state index contributed by atoms with van der Waals surface area (Å²) < 4.78 is 25.6. The molecule has 1 fully saturated rings. The number of hydrogen-bond donors (Lipinski definition) is 0. The second-order valence-corrected chi connectivity index (χ2v) is 8.20. The zero-order chi connectivity index (χ0) is 14.0. The molecular formula is C13H23N3O2S. The number of sulfone groups is 1. The molecule has 2 heterocycles. The van der Waals surface area contributed by atoms with E-state index in [9.17, 15) is 8.42 Å². The molecule has 108 valence electrons. The Balaban J connectivity index is 1.99. The van der Waals surface area contributed by atoms with Gasteiger partial charge in [0.15, 0.2) is 9.84 Å². The molecular weight excluding hydrogens is 262 g/mol. The van der Waals surface area contributed by atoms with E-state index in [1.807, 2.05) is 24.0 Å². The molecule has 19 heavy (non-hydrogen) atoms. The van der Waals surface area contributed by atoms with Crippen LogP contribution in [0.15, 0.2) is 12.4 Å². The molecule has 0 bridgehead atoms. The summed E-state index contributed by atoms with van der Waals surface area (Å²) in [4.78, 5) is 2.21. The minimum absolute atomic E-state index is 0.212. The third-order valence-corrected chi connectivity index (χ3v) is 5.96. The Morgan fingerprint density at radius 1 is 1.42 bits per heavy atom. The minimum Gasteiger partial charge on any atom is -0.298 e. The molecule has 0 aliphatic carbocycles. The van der Waals surface area contributed by atoms with Crippen molar-refractivity contribution in [3.05, 3.63) is 18.0 Å². The van der Waals surface area contributed by atoms with Crippen molar-refractivity contribution >= 4 is 9.84 Å². The Labute approximate surface area is 115 Å². The van der Waals surface area contributed by atoms with E-state index in [2.05, 4.69) is 23.8 Å². The summed E-state index contributed by atoms with van der Waals surface area (Å²) in [6.07, 6.45) is 4.65. The highest BCUT2D eigenvalue weighted by molar-refractivity contribution is 7.92. The topological polar surface area (TPSA) is 55.2 Å². The van der Waals surface area contributed by atoms with E-state index in [4.69, 9.17) is 0 Å². The van der Waals surface area contributed by atoms with Crippen LogP contribution in [0.25, 0.3) is 0 Å². The molecule has 2 rings (SSSR count). The lowest BCUT2D eigenvalue weighted by atomic mass is 10.2. The normalized spacial score (nSPS) is 24.5. The SMILES string of the molecule is CC(C)n1cc(CN2CCC(C)S(=O)(=O)CC2)cn1. The van der Waals surface area contributed by atoms with Crippen molar-refractivity contribution in [1.82, 2.24) is 14.7 Å². The Hall–Kier alpha value is -0.880. The lowest BCUT2D eigenvalue weighted by molar-refractivity contribution is 0.283. The van der Waals surface area contributed by atoms with E-state index in [0.29, 0.717) is 12.6 Å². The second-order valence-electron chi connectivity index (χ2n) is 5.66. The van der Waals surface area contributed by atoms with Gasteiger partial charge in [-0.1, -0.05) is 0 Å². The first-order chi connectivity index (χ1) is 8.88. The van der Waals surface area contributed by atoms with Gasteiger partial charge < -0.3 is 0 Å². The minimum atomic E-state index is -2.89. The van der Waals surface area contributed by atoms with Gasteiger partial charge in [-0.15, -0.1) is 0 Å². The molecule has 1 unspecified atom stereocenters. The highest BCUT2D eigenvalue weighted by Gasteiger charge is 2.26. The predicted molar refractivity (Wildman–Crippen MR) is 75.8 cm³/mol. The summed E-state index contributed by atoms with van der Waals surface area (Å²) in [5.74, 6) is 0.270. The molecule has 0 radical (unpaired) electrons. The van der Waals surface area contributed by atoms with Crippen molar-refractivity contribution in [1.29, 1.82) is 0 Å². The Morgan fingerprint density at radius 3 is 2.79 bits per heavy atom. The fourth-order valence-electron chi connectivity index (χ4n) is 2.27. The van der Waals surface area contributed by atoms with Gasteiger partial charge in [0.1, 0.15) is 0 Å². The van der Waals surface area contributed by atoms with Crippen LogP contribution < -0.4 is 0 Å². The van der Waals surface area contributed by atoms with Crippen molar-refractivity contribution in [2.24, 2.45) is 0 Å². The van der Waals surface area contributed by atoms with Crippen molar-refractivity contribution in [2.75, 3.05) is 18.8 Å². The van der Waals surface area contributed by atoms with Crippen LogP contribution >= 0.6 is 0 Å². The van der Waals surface area contributed by atoms with Crippen molar-refractivity contribution in [3.63, 3.8) is 0 Å². The van der Waals surface area contributed by atoms with Crippen molar-refractivity contribution in [3.8, 4) is 0 Å². The van der Waals surface area contributed by atoms with E-state index in [-0.39, 0.29) is 11.0 Å². The first-order valence-corrected chi connectivity index (χ1v) is 8.57. The molecule has 0 spiro atoms. The molecule has 1 aliphatic rings. The summed E-state index contributed by atoms with van der Waals surface area (Å²) >= 11 is 0. The number of hydrogen-bond acceptors (Lipinski definition) is 4. The Bertz CT molecular complexity index is 522. The second kappa shape index (κ2) is 5.63. The highest BCUT2D eigenvalue weighted by atomic mass is 32.2. The Kier molecular flexibility index (Phi) is 4.30. The molecule has 0 N–H and O–H groups in total. The number of nitrogens with zero attached hydrogens (tertiary/aromatic N) is 3. The van der Waals surface area contributed by atoms with Crippen LogP contribution in [-0.4, -0.2) is 47.2 Å². The third-order valence-electron chi connectivity index (χ3n) is 3.75. The monoisotopic (exact) mass is 285 g/mol. The van der Waals surface area contributed by atoms with Crippen LogP contribution in [0.5, 0.6) is 0 Å². The summed E-state index contributed by atoms with van der Waals surface area (Å²) in [6.45, 7) is 8.26. The zero-order valence-electron chi connectivity index (χ0n) is 11.9. The molecule has 6 heteroatoms. The highest BCUT2D eigenvalue weighted by Crippen LogP contribution is 2.15. The summed E-state index contributed by atoms with van der Waals surface area (Å²) in [7, 11) is -2.89. The van der Waals surface area contributed by atoms with Crippen LogP contribution in [0.3, 0.4) is 0 Å². The summed E-state index contributed by atoms with van der Waals surface area (Å²) in [5.41, 5.74) is 1.15. The van der Waals surface area contributed by atoms with Crippen LogP contribution in [-0.2, 0) is 16.4 Å². The first kappa shape index (κ1) is 14.5. The van der Waals surface area contributed by atoms with E-state index in [0.717, 1.165) is 25.1 Å². The van der Waals surface area contributed by atoms with Gasteiger partial charge in [0.2, 0.25) is 0 Å². The van der Waals surface area contributed by atoms with Gasteiger partial charge in [0.05, 0.1) is 17.2 Å². The maximum absolute atomic E-state index is 11.8. The van der Waals surface area contributed by atoms with Crippen LogP contribution in [0.4, 0.5) is 0 Å². The lowest BCUT2D eigenvalue weighted by Crippen LogP contribution is -2.26. The van der Waals surface area contributed by atoms with Crippen LogP contribution in [0.1, 0.15) is 38.8 Å². The summed E-state index contributed by atoms with van der Waals surface area (Å²) in [5, 5.41) is 4.11. The smallest absolute Gasteiger partial charge is 0.154 e. The van der Waals surface area contributed by atoms with E-state index in [1.165, 1.54) is 0 Å². The third kappa shape index (κ3) is 3.57. The maximum atomic E-state index is 11.8. The van der Waals surface area contributed by atoms with Crippen molar-refractivity contribution < 1.29 is 8.42 Å². The van der Waals surface area contributed by atoms with Gasteiger partial charge in [-0.2, -0.15) is 5.10 Å². The van der Waals surface area contributed by atoms with Gasteiger partial charge >= 0.3 is 0 Å². The summed E-state index contributed by atoms with van der Waals surface area (Å²) in [6, 6.07) is 0.360. The predicted octanol–water partition coefficient (Wildman–Crippen LogP) is 1.47. The van der Waals surface area contributed by atoms with Gasteiger partial charge in [0.25, 0.3) is 0 Å². The van der Waals surface area contributed by atoms with Crippen LogP contribution in [0.2, 0.25) is 0 Å². The lowest BCUT2D eigenvalue weighted by Gasteiger charge is -2.18. The van der Waals surface area contributed by atoms with Gasteiger partial charge in [-0.05, 0) is 33.7 Å². The molecule has 0 saturated carbocycles. The molecule has 1 aliphatic heterocycles. The zero-order valence-corrected chi connectivity index (χ0v) is 12.7. The van der Waals surface area contributed by atoms with Gasteiger partial charge in [-0.25, -0.2) is 8.42 Å². The first-order valence-electron chi connectivity index (χ1n) is 6.85. The molecule has 1 aromatic rings. The van der Waals surface area contributed by atoms with E-state index >= 15 is 0 Å². The van der Waals surface area contributed by atoms with Crippen LogP contribution in [0, 0.1) is 0 Å². The quantitative estimate of drug-likeness (QED) is 0.844. The standard InChI is InChI=1S/C13H23N3O2S/c1-11(2)16-10-13(8-14-16)9-15-5-4-12(3)19(17,18)7-6-15/h8,10-12H,4-7,9H2,1-3H3. The number of rotatable bonds is 3. The molecule has 1 saturated heterocycles. The molecule has 1 aromatic heterocycles.